The number of aliphatic hydroxyl groups excluding tert-OH is 1. The molecule has 2 aromatic carbocycles. The number of rotatable bonds is 5. The molecule has 2 rings (SSSR count). The smallest absolute Gasteiger partial charge is 0.125 e. The molecule has 0 saturated heterocycles. The quantitative estimate of drug-likeness (QED) is 0.904. The molecule has 0 aliphatic heterocycles. The molecule has 1 atom stereocenters. The number of benzene rings is 2. The van der Waals surface area contributed by atoms with Crippen molar-refractivity contribution >= 4 is 0 Å². The van der Waals surface area contributed by atoms with E-state index in [1.807, 2.05) is 30.3 Å². The molecule has 0 aromatic heterocycles. The molecule has 112 valence electrons. The highest BCUT2D eigenvalue weighted by Gasteiger charge is 2.09. The molecule has 21 heavy (non-hydrogen) atoms. The molecule has 0 bridgehead atoms. The molecule has 2 aromatic rings. The van der Waals surface area contributed by atoms with Crippen LogP contribution in [0.1, 0.15) is 35.3 Å². The monoisotopic (exact) mass is 286 g/mol. The van der Waals surface area contributed by atoms with Gasteiger partial charge in [0.1, 0.15) is 18.1 Å². The Morgan fingerprint density at radius 2 is 1.71 bits per heavy atom. The Balaban J connectivity index is 2.20. The van der Waals surface area contributed by atoms with Crippen molar-refractivity contribution in [3.05, 3.63) is 58.7 Å². The molecular formula is C18H22O3. The second kappa shape index (κ2) is 6.64. The van der Waals surface area contributed by atoms with Crippen molar-refractivity contribution in [1.29, 1.82) is 0 Å². The Morgan fingerprint density at radius 1 is 1.05 bits per heavy atom. The summed E-state index contributed by atoms with van der Waals surface area (Å²) in [5, 5.41) is 9.69. The number of hydrogen-bond acceptors (Lipinski definition) is 3. The first-order valence-electron chi connectivity index (χ1n) is 7.05. The zero-order valence-electron chi connectivity index (χ0n) is 13.0. The van der Waals surface area contributed by atoms with Gasteiger partial charge < -0.3 is 14.6 Å². The summed E-state index contributed by atoms with van der Waals surface area (Å²) < 4.78 is 11.2. The van der Waals surface area contributed by atoms with E-state index in [1.54, 1.807) is 14.0 Å². The highest BCUT2D eigenvalue weighted by molar-refractivity contribution is 5.39. The Kier molecular flexibility index (Phi) is 4.86. The first-order chi connectivity index (χ1) is 9.99. The van der Waals surface area contributed by atoms with E-state index in [0.29, 0.717) is 6.61 Å². The summed E-state index contributed by atoms with van der Waals surface area (Å²) in [6.07, 6.45) is -0.504. The van der Waals surface area contributed by atoms with E-state index >= 15 is 0 Å². The van der Waals surface area contributed by atoms with Crippen molar-refractivity contribution in [2.45, 2.75) is 33.5 Å². The van der Waals surface area contributed by atoms with E-state index in [9.17, 15) is 5.11 Å². The SMILES string of the molecule is COc1ccc(C(C)O)cc1COc1cc(C)cc(C)c1. The van der Waals surface area contributed by atoms with Crippen LogP contribution in [0.2, 0.25) is 0 Å². The Morgan fingerprint density at radius 3 is 2.29 bits per heavy atom. The third kappa shape index (κ3) is 3.99. The Hall–Kier alpha value is -2.00. The van der Waals surface area contributed by atoms with E-state index in [2.05, 4.69) is 19.9 Å². The Bertz CT molecular complexity index is 598. The van der Waals surface area contributed by atoms with E-state index in [-0.39, 0.29) is 0 Å². The lowest BCUT2D eigenvalue weighted by atomic mass is 10.1. The van der Waals surface area contributed by atoms with E-state index in [0.717, 1.165) is 22.6 Å². The average molecular weight is 286 g/mol. The molecule has 0 aliphatic carbocycles. The second-order valence-electron chi connectivity index (χ2n) is 5.36. The van der Waals surface area contributed by atoms with Crippen LogP contribution < -0.4 is 9.47 Å². The van der Waals surface area contributed by atoms with E-state index < -0.39 is 6.10 Å². The molecule has 0 spiro atoms. The molecule has 1 unspecified atom stereocenters. The predicted molar refractivity (Wildman–Crippen MR) is 83.9 cm³/mol. The largest absolute Gasteiger partial charge is 0.496 e. The number of ether oxygens (including phenoxy) is 2. The van der Waals surface area contributed by atoms with Crippen molar-refractivity contribution in [2.24, 2.45) is 0 Å². The van der Waals surface area contributed by atoms with Gasteiger partial charge in [-0.15, -0.1) is 0 Å². The van der Waals surface area contributed by atoms with Crippen LogP contribution in [0.3, 0.4) is 0 Å². The van der Waals surface area contributed by atoms with Gasteiger partial charge in [0.05, 0.1) is 13.2 Å². The fourth-order valence-electron chi connectivity index (χ4n) is 2.35. The van der Waals surface area contributed by atoms with Crippen LogP contribution in [0, 0.1) is 13.8 Å². The van der Waals surface area contributed by atoms with Crippen LogP contribution in [0.4, 0.5) is 0 Å². The van der Waals surface area contributed by atoms with Gasteiger partial charge in [-0.2, -0.15) is 0 Å². The van der Waals surface area contributed by atoms with Crippen molar-refractivity contribution in [2.75, 3.05) is 7.11 Å². The van der Waals surface area contributed by atoms with Crippen LogP contribution in [-0.4, -0.2) is 12.2 Å². The first kappa shape index (κ1) is 15.4. The third-order valence-electron chi connectivity index (χ3n) is 3.38. The highest BCUT2D eigenvalue weighted by Crippen LogP contribution is 2.25. The zero-order valence-corrected chi connectivity index (χ0v) is 13.0. The maximum Gasteiger partial charge on any atom is 0.125 e. The number of aryl methyl sites for hydroxylation is 2. The molecule has 3 heteroatoms. The molecule has 0 radical (unpaired) electrons. The number of hydrogen-bond donors (Lipinski definition) is 1. The van der Waals surface area contributed by atoms with Gasteiger partial charge in [0, 0.05) is 5.56 Å². The standard InChI is InChI=1S/C18H22O3/c1-12-7-13(2)9-17(8-12)21-11-16-10-15(14(3)19)5-6-18(16)20-4/h5-10,14,19H,11H2,1-4H3. The lowest BCUT2D eigenvalue weighted by molar-refractivity contribution is 0.198. The van der Waals surface area contributed by atoms with Gasteiger partial charge in [-0.05, 0) is 61.7 Å². The molecule has 0 heterocycles. The highest BCUT2D eigenvalue weighted by atomic mass is 16.5. The third-order valence-corrected chi connectivity index (χ3v) is 3.38. The second-order valence-corrected chi connectivity index (χ2v) is 5.36. The van der Waals surface area contributed by atoms with E-state index in [1.165, 1.54) is 11.1 Å². The minimum absolute atomic E-state index is 0.409. The fourth-order valence-corrected chi connectivity index (χ4v) is 2.35. The van der Waals surface area contributed by atoms with Crippen molar-refractivity contribution in [3.8, 4) is 11.5 Å². The van der Waals surface area contributed by atoms with Gasteiger partial charge in [-0.3, -0.25) is 0 Å². The molecule has 0 fully saturated rings. The fraction of sp³-hybridized carbons (Fsp3) is 0.333. The number of aliphatic hydroxyl groups is 1. The summed E-state index contributed by atoms with van der Waals surface area (Å²) in [4.78, 5) is 0. The van der Waals surface area contributed by atoms with Crippen LogP contribution in [0.25, 0.3) is 0 Å². The summed E-state index contributed by atoms with van der Waals surface area (Å²) in [6.45, 7) is 6.26. The predicted octanol–water partition coefficient (Wildman–Crippen LogP) is 3.94. The van der Waals surface area contributed by atoms with Crippen LogP contribution in [0.15, 0.2) is 36.4 Å². The lowest BCUT2D eigenvalue weighted by Gasteiger charge is -2.14. The van der Waals surface area contributed by atoms with Crippen molar-refractivity contribution in [1.82, 2.24) is 0 Å². The van der Waals surface area contributed by atoms with E-state index in [4.69, 9.17) is 9.47 Å². The lowest BCUT2D eigenvalue weighted by Crippen LogP contribution is -2.01. The maximum absolute atomic E-state index is 9.69. The number of methoxy groups -OCH3 is 1. The molecule has 3 nitrogen and oxygen atoms in total. The molecule has 0 saturated carbocycles. The topological polar surface area (TPSA) is 38.7 Å². The summed E-state index contributed by atoms with van der Waals surface area (Å²) in [5.74, 6) is 1.61. The van der Waals surface area contributed by atoms with Gasteiger partial charge in [-0.25, -0.2) is 0 Å². The van der Waals surface area contributed by atoms with Gasteiger partial charge in [0.15, 0.2) is 0 Å². The minimum Gasteiger partial charge on any atom is -0.496 e. The molecular weight excluding hydrogens is 264 g/mol. The summed E-state index contributed by atoms with van der Waals surface area (Å²) in [5.41, 5.74) is 4.13. The average Bonchev–Trinajstić information content (AvgIpc) is 2.43. The van der Waals surface area contributed by atoms with Crippen LogP contribution in [0.5, 0.6) is 11.5 Å². The van der Waals surface area contributed by atoms with Gasteiger partial charge in [0.2, 0.25) is 0 Å². The first-order valence-corrected chi connectivity index (χ1v) is 7.05. The summed E-state index contributed by atoms with van der Waals surface area (Å²) >= 11 is 0. The van der Waals surface area contributed by atoms with Gasteiger partial charge >= 0.3 is 0 Å². The van der Waals surface area contributed by atoms with Gasteiger partial charge in [0.25, 0.3) is 0 Å². The van der Waals surface area contributed by atoms with Crippen molar-refractivity contribution in [3.63, 3.8) is 0 Å². The van der Waals surface area contributed by atoms with Gasteiger partial charge in [-0.1, -0.05) is 12.1 Å². The Labute approximate surface area is 126 Å². The molecule has 0 amide bonds. The van der Waals surface area contributed by atoms with Crippen LogP contribution in [-0.2, 0) is 6.61 Å². The normalized spacial score (nSPS) is 12.0. The minimum atomic E-state index is -0.504. The van der Waals surface area contributed by atoms with Crippen molar-refractivity contribution < 1.29 is 14.6 Å². The summed E-state index contributed by atoms with van der Waals surface area (Å²) in [7, 11) is 1.64. The molecule has 1 N–H and O–H groups in total. The zero-order chi connectivity index (χ0) is 15.4. The maximum atomic E-state index is 9.69. The molecule has 0 aliphatic rings. The summed E-state index contributed by atoms with van der Waals surface area (Å²) in [6, 6.07) is 11.8. The van der Waals surface area contributed by atoms with Crippen LogP contribution >= 0.6 is 0 Å².